The average Bonchev–Trinajstić information content (AvgIpc) is 3.00. The summed E-state index contributed by atoms with van der Waals surface area (Å²) in [4.78, 5) is 4.68. The van der Waals surface area contributed by atoms with Crippen LogP contribution < -0.4 is 4.72 Å². The van der Waals surface area contributed by atoms with E-state index in [9.17, 15) is 8.42 Å². The predicted molar refractivity (Wildman–Crippen MR) is 106 cm³/mol. The molecule has 0 saturated heterocycles. The summed E-state index contributed by atoms with van der Waals surface area (Å²) < 4.78 is 30.3. The van der Waals surface area contributed by atoms with E-state index in [0.29, 0.717) is 10.6 Å². The molecule has 2 heterocycles. The quantitative estimate of drug-likeness (QED) is 0.733. The second kappa shape index (κ2) is 7.25. The zero-order valence-corrected chi connectivity index (χ0v) is 17.1. The molecule has 0 radical (unpaired) electrons. The van der Waals surface area contributed by atoms with Crippen LogP contribution in [0.1, 0.15) is 27.9 Å². The summed E-state index contributed by atoms with van der Waals surface area (Å²) in [5.74, 6) is 0. The predicted octanol–water partition coefficient (Wildman–Crippen LogP) is 3.19. The van der Waals surface area contributed by atoms with Gasteiger partial charge >= 0.3 is 0 Å². The Bertz CT molecular complexity index is 1060. The van der Waals surface area contributed by atoms with Crippen LogP contribution in [0.15, 0.2) is 41.4 Å². The molecule has 0 fully saturated rings. The molecule has 27 heavy (non-hydrogen) atoms. The SMILES string of the molecule is Cc1cc(C)c(C)c(S(=O)(=O)NCc2cc(-c3ccccn3)n(C)n2)c1C. The minimum atomic E-state index is -3.65. The Labute approximate surface area is 160 Å². The number of sulfonamides is 1. The second-order valence-corrected chi connectivity index (χ2v) is 8.48. The summed E-state index contributed by atoms with van der Waals surface area (Å²) in [6.07, 6.45) is 1.72. The maximum absolute atomic E-state index is 13.0. The third kappa shape index (κ3) is 3.79. The van der Waals surface area contributed by atoms with Gasteiger partial charge in [0.15, 0.2) is 0 Å². The zero-order chi connectivity index (χ0) is 19.8. The van der Waals surface area contributed by atoms with Crippen LogP contribution in [0.25, 0.3) is 11.4 Å². The number of pyridine rings is 1. The van der Waals surface area contributed by atoms with Crippen LogP contribution >= 0.6 is 0 Å². The standard InChI is InChI=1S/C20H24N4O2S/c1-13-10-14(2)16(4)20(15(13)3)27(25,26)22-12-17-11-19(24(5)23-17)18-8-6-7-9-21-18/h6-11,22H,12H2,1-5H3. The highest BCUT2D eigenvalue weighted by molar-refractivity contribution is 7.89. The second-order valence-electron chi connectivity index (χ2n) is 6.77. The highest BCUT2D eigenvalue weighted by Gasteiger charge is 2.22. The number of benzene rings is 1. The van der Waals surface area contributed by atoms with Gasteiger partial charge in [0.25, 0.3) is 0 Å². The first-order valence-electron chi connectivity index (χ1n) is 8.72. The van der Waals surface area contributed by atoms with E-state index in [1.165, 1.54) is 0 Å². The van der Waals surface area contributed by atoms with Crippen molar-refractivity contribution < 1.29 is 8.42 Å². The van der Waals surface area contributed by atoms with Gasteiger partial charge < -0.3 is 0 Å². The fourth-order valence-electron chi connectivity index (χ4n) is 3.19. The van der Waals surface area contributed by atoms with Crippen LogP contribution in [-0.2, 0) is 23.6 Å². The van der Waals surface area contributed by atoms with Crippen molar-refractivity contribution in [3.05, 3.63) is 64.5 Å². The Morgan fingerprint density at radius 1 is 1.04 bits per heavy atom. The molecule has 3 aromatic rings. The van der Waals surface area contributed by atoms with Gasteiger partial charge in [0.2, 0.25) is 10.0 Å². The topological polar surface area (TPSA) is 76.9 Å². The fourth-order valence-corrected chi connectivity index (χ4v) is 4.80. The largest absolute Gasteiger partial charge is 0.266 e. The van der Waals surface area contributed by atoms with E-state index in [1.807, 2.05) is 65.1 Å². The molecule has 0 saturated carbocycles. The molecule has 0 unspecified atom stereocenters. The van der Waals surface area contributed by atoms with E-state index in [2.05, 4.69) is 14.8 Å². The lowest BCUT2D eigenvalue weighted by molar-refractivity contribution is 0.578. The first kappa shape index (κ1) is 19.3. The molecule has 0 atom stereocenters. The molecule has 142 valence electrons. The molecular formula is C20H24N4O2S. The van der Waals surface area contributed by atoms with Gasteiger partial charge in [0, 0.05) is 13.2 Å². The molecule has 2 aromatic heterocycles. The summed E-state index contributed by atoms with van der Waals surface area (Å²) in [7, 11) is -1.83. The van der Waals surface area contributed by atoms with Crippen molar-refractivity contribution in [1.29, 1.82) is 0 Å². The first-order chi connectivity index (χ1) is 12.7. The molecule has 0 bridgehead atoms. The van der Waals surface area contributed by atoms with Crippen molar-refractivity contribution in [2.24, 2.45) is 7.05 Å². The molecule has 0 aliphatic carbocycles. The van der Waals surface area contributed by atoms with Crippen LogP contribution in [0.5, 0.6) is 0 Å². The Morgan fingerprint density at radius 3 is 2.30 bits per heavy atom. The van der Waals surface area contributed by atoms with E-state index in [0.717, 1.165) is 33.6 Å². The first-order valence-corrected chi connectivity index (χ1v) is 10.2. The summed E-state index contributed by atoms with van der Waals surface area (Å²) in [6, 6.07) is 9.52. The lowest BCUT2D eigenvalue weighted by Crippen LogP contribution is -2.25. The summed E-state index contributed by atoms with van der Waals surface area (Å²) in [5, 5.41) is 4.41. The highest BCUT2D eigenvalue weighted by Crippen LogP contribution is 2.26. The minimum absolute atomic E-state index is 0.120. The van der Waals surface area contributed by atoms with Crippen LogP contribution in [0, 0.1) is 27.7 Å². The van der Waals surface area contributed by atoms with Crippen LogP contribution in [0.2, 0.25) is 0 Å². The number of aromatic nitrogens is 3. The fraction of sp³-hybridized carbons (Fsp3) is 0.300. The maximum Gasteiger partial charge on any atom is 0.241 e. The lowest BCUT2D eigenvalue weighted by Gasteiger charge is -2.15. The third-order valence-electron chi connectivity index (χ3n) is 4.87. The third-order valence-corrected chi connectivity index (χ3v) is 6.54. The van der Waals surface area contributed by atoms with Gasteiger partial charge in [0.1, 0.15) is 0 Å². The zero-order valence-electron chi connectivity index (χ0n) is 16.2. The lowest BCUT2D eigenvalue weighted by atomic mass is 10.0. The highest BCUT2D eigenvalue weighted by atomic mass is 32.2. The van der Waals surface area contributed by atoms with Crippen LogP contribution in [0.3, 0.4) is 0 Å². The number of hydrogen-bond donors (Lipinski definition) is 1. The van der Waals surface area contributed by atoms with Gasteiger partial charge in [-0.05, 0) is 68.1 Å². The molecular weight excluding hydrogens is 360 g/mol. The smallest absolute Gasteiger partial charge is 0.241 e. The average molecular weight is 385 g/mol. The van der Waals surface area contributed by atoms with Crippen molar-refractivity contribution in [3.63, 3.8) is 0 Å². The van der Waals surface area contributed by atoms with Gasteiger partial charge in [-0.25, -0.2) is 13.1 Å². The van der Waals surface area contributed by atoms with E-state index in [4.69, 9.17) is 0 Å². The number of rotatable bonds is 5. The van der Waals surface area contributed by atoms with Gasteiger partial charge in [-0.1, -0.05) is 12.1 Å². The van der Waals surface area contributed by atoms with Crippen molar-refractivity contribution >= 4 is 10.0 Å². The molecule has 0 spiro atoms. The summed E-state index contributed by atoms with van der Waals surface area (Å²) in [6.45, 7) is 7.67. The van der Waals surface area contributed by atoms with Crippen LogP contribution in [-0.4, -0.2) is 23.2 Å². The summed E-state index contributed by atoms with van der Waals surface area (Å²) in [5.41, 5.74) is 5.76. The Hall–Kier alpha value is -2.51. The molecule has 7 heteroatoms. The Balaban J connectivity index is 1.88. The maximum atomic E-state index is 13.0. The molecule has 6 nitrogen and oxygen atoms in total. The van der Waals surface area contributed by atoms with Crippen molar-refractivity contribution in [1.82, 2.24) is 19.5 Å². The van der Waals surface area contributed by atoms with Crippen molar-refractivity contribution in [2.75, 3.05) is 0 Å². The van der Waals surface area contributed by atoms with Gasteiger partial charge in [0.05, 0.1) is 28.5 Å². The van der Waals surface area contributed by atoms with E-state index in [-0.39, 0.29) is 6.54 Å². The van der Waals surface area contributed by atoms with E-state index in [1.54, 1.807) is 10.9 Å². The number of aryl methyl sites for hydroxylation is 3. The van der Waals surface area contributed by atoms with Crippen molar-refractivity contribution in [2.45, 2.75) is 39.1 Å². The normalized spacial score (nSPS) is 11.7. The molecule has 0 aliphatic rings. The Morgan fingerprint density at radius 2 is 1.70 bits per heavy atom. The van der Waals surface area contributed by atoms with Gasteiger partial charge in [-0.2, -0.15) is 5.10 Å². The molecule has 0 aliphatic heterocycles. The molecule has 1 aromatic carbocycles. The molecule has 0 amide bonds. The summed E-state index contributed by atoms with van der Waals surface area (Å²) >= 11 is 0. The molecule has 3 rings (SSSR count). The van der Waals surface area contributed by atoms with Crippen molar-refractivity contribution in [3.8, 4) is 11.4 Å². The van der Waals surface area contributed by atoms with E-state index >= 15 is 0 Å². The van der Waals surface area contributed by atoms with Crippen LogP contribution in [0.4, 0.5) is 0 Å². The van der Waals surface area contributed by atoms with Gasteiger partial charge in [-0.3, -0.25) is 9.67 Å². The van der Waals surface area contributed by atoms with E-state index < -0.39 is 10.0 Å². The monoisotopic (exact) mass is 384 g/mol. The number of hydrogen-bond acceptors (Lipinski definition) is 4. The molecule has 1 N–H and O–H groups in total. The Kier molecular flexibility index (Phi) is 5.17. The minimum Gasteiger partial charge on any atom is -0.266 e. The van der Waals surface area contributed by atoms with Gasteiger partial charge in [-0.15, -0.1) is 0 Å². The number of nitrogens with one attached hydrogen (secondary N) is 1. The number of nitrogens with zero attached hydrogens (tertiary/aromatic N) is 3.